The molecular weight excluding hydrogens is 655 g/mol. The first-order chi connectivity index (χ1) is 24.8. The number of nitrogens with zero attached hydrogens (tertiary/aromatic N) is 6. The minimum atomic E-state index is -0.575. The number of carbonyl (C=O) groups excluding carboxylic acids is 1. The highest BCUT2D eigenvalue weighted by atomic mass is 19.1. The molecule has 10 heteroatoms. The average Bonchev–Trinajstić information content (AvgIpc) is 3.94. The van der Waals surface area contributed by atoms with Gasteiger partial charge < -0.3 is 19.1 Å². The van der Waals surface area contributed by atoms with Crippen LogP contribution in [0.3, 0.4) is 0 Å². The van der Waals surface area contributed by atoms with Gasteiger partial charge in [0.05, 0.1) is 17.4 Å². The molecule has 5 heterocycles. The minimum absolute atomic E-state index is 0.0576. The molecule has 4 aromatic rings. The van der Waals surface area contributed by atoms with Gasteiger partial charge in [0.2, 0.25) is 0 Å². The Hall–Kier alpha value is -4.31. The van der Waals surface area contributed by atoms with Crippen molar-refractivity contribution in [3.05, 3.63) is 99.1 Å². The highest BCUT2D eigenvalue weighted by Crippen LogP contribution is 2.40. The van der Waals surface area contributed by atoms with E-state index in [9.17, 15) is 9.59 Å². The van der Waals surface area contributed by atoms with E-state index < -0.39 is 5.60 Å². The lowest BCUT2D eigenvalue weighted by Gasteiger charge is -2.40. The summed E-state index contributed by atoms with van der Waals surface area (Å²) < 4.78 is 24.1. The maximum Gasteiger partial charge on any atom is 0.410 e. The zero-order valence-corrected chi connectivity index (χ0v) is 31.6. The standard InChI is InChI=1S/C42H53FN6O3/c1-27-9-10-34(22-45-27)46-16-7-8-35(26-46)47(23-30-13-15-44-28(2)18-30)24-32-25-49(33-11-12-33)39-21-36(38(43)20-37(39)40(32)50)31-14-17-48(29(3)19-31)41(51)52-42(4,5)6/h9-10,13,15,18,20-22,25,29,31,33,35H,7-8,11-12,14,16-17,19,23-24,26H2,1-6H3/t29-,31?,35+/m1/s1. The van der Waals surface area contributed by atoms with E-state index in [1.54, 1.807) is 4.90 Å². The molecule has 2 saturated heterocycles. The molecule has 3 aliphatic rings. The number of piperidine rings is 2. The molecule has 1 saturated carbocycles. The zero-order valence-electron chi connectivity index (χ0n) is 31.6. The molecule has 0 N–H and O–H groups in total. The summed E-state index contributed by atoms with van der Waals surface area (Å²) in [5.41, 5.74) is 5.70. The lowest BCUT2D eigenvalue weighted by Crippen LogP contribution is -2.48. The molecule has 0 spiro atoms. The Morgan fingerprint density at radius 3 is 2.50 bits per heavy atom. The summed E-state index contributed by atoms with van der Waals surface area (Å²) in [7, 11) is 0. The van der Waals surface area contributed by atoms with Crippen LogP contribution in [0.5, 0.6) is 0 Å². The van der Waals surface area contributed by atoms with Crippen molar-refractivity contribution in [1.29, 1.82) is 0 Å². The Bertz CT molecular complexity index is 1990. The number of anilines is 1. The SMILES string of the molecule is Cc1ccc(N2CCC[C@H](N(Cc3ccnc(C)c3)Cc3cn(C4CC4)c4cc(C5CCN(C(=O)OC(C)(C)C)[C@H](C)C5)c(F)cc4c3=O)C2)cn1. The van der Waals surface area contributed by atoms with Gasteiger partial charge in [-0.15, -0.1) is 0 Å². The number of likely N-dealkylation sites (tertiary alicyclic amines) is 1. The summed E-state index contributed by atoms with van der Waals surface area (Å²) in [5, 5.41) is 0.445. The molecule has 1 aliphatic carbocycles. The average molecular weight is 709 g/mol. The van der Waals surface area contributed by atoms with Crippen molar-refractivity contribution >= 4 is 22.7 Å². The van der Waals surface area contributed by atoms with Gasteiger partial charge in [0.25, 0.3) is 0 Å². The van der Waals surface area contributed by atoms with Gasteiger partial charge >= 0.3 is 6.09 Å². The summed E-state index contributed by atoms with van der Waals surface area (Å²) in [6, 6.07) is 12.2. The number of pyridine rings is 3. The van der Waals surface area contributed by atoms with E-state index in [0.717, 1.165) is 66.9 Å². The summed E-state index contributed by atoms with van der Waals surface area (Å²) >= 11 is 0. The van der Waals surface area contributed by atoms with Gasteiger partial charge in [-0.25, -0.2) is 9.18 Å². The number of benzene rings is 1. The normalized spacial score (nSPS) is 21.2. The van der Waals surface area contributed by atoms with Gasteiger partial charge in [-0.3, -0.25) is 19.7 Å². The van der Waals surface area contributed by atoms with Gasteiger partial charge in [0.15, 0.2) is 5.43 Å². The topological polar surface area (TPSA) is 83.8 Å². The molecule has 9 nitrogen and oxygen atoms in total. The zero-order chi connectivity index (χ0) is 36.7. The van der Waals surface area contributed by atoms with E-state index in [-0.39, 0.29) is 35.3 Å². The van der Waals surface area contributed by atoms with Crippen LogP contribution in [0.2, 0.25) is 0 Å². The Balaban J connectivity index is 1.19. The van der Waals surface area contributed by atoms with Crippen molar-refractivity contribution in [1.82, 2.24) is 24.3 Å². The monoisotopic (exact) mass is 708 g/mol. The van der Waals surface area contributed by atoms with Crippen molar-refractivity contribution < 1.29 is 13.9 Å². The Morgan fingerprint density at radius 1 is 1.00 bits per heavy atom. The fourth-order valence-electron chi connectivity index (χ4n) is 8.17. The number of amides is 1. The summed E-state index contributed by atoms with van der Waals surface area (Å²) in [4.78, 5) is 42.8. The van der Waals surface area contributed by atoms with Crippen molar-refractivity contribution in [2.24, 2.45) is 0 Å². The Morgan fingerprint density at radius 2 is 1.81 bits per heavy atom. The van der Waals surface area contributed by atoms with Crippen LogP contribution in [-0.4, -0.2) is 67.7 Å². The highest BCUT2D eigenvalue weighted by Gasteiger charge is 2.35. The van der Waals surface area contributed by atoms with Gasteiger partial charge in [-0.2, -0.15) is 0 Å². The molecular formula is C42H53FN6O3. The number of aryl methyl sites for hydroxylation is 2. The molecule has 0 bridgehead atoms. The number of rotatable bonds is 8. The van der Waals surface area contributed by atoms with E-state index in [1.807, 2.05) is 60.0 Å². The van der Waals surface area contributed by atoms with E-state index in [2.05, 4.69) is 54.8 Å². The number of ether oxygens (including phenoxy) is 1. The molecule has 52 heavy (non-hydrogen) atoms. The third-order valence-electron chi connectivity index (χ3n) is 11.0. The molecule has 1 unspecified atom stereocenters. The molecule has 0 radical (unpaired) electrons. The van der Waals surface area contributed by atoms with Crippen LogP contribution in [0.1, 0.15) is 106 Å². The van der Waals surface area contributed by atoms with Crippen LogP contribution in [0.15, 0.2) is 59.8 Å². The lowest BCUT2D eigenvalue weighted by atomic mass is 9.85. The summed E-state index contributed by atoms with van der Waals surface area (Å²) in [6.07, 6.45) is 11.0. The molecule has 7 rings (SSSR count). The van der Waals surface area contributed by atoms with Crippen molar-refractivity contribution in [2.45, 2.75) is 123 Å². The molecule has 2 aliphatic heterocycles. The second-order valence-corrected chi connectivity index (χ2v) is 16.4. The number of halogens is 1. The lowest BCUT2D eigenvalue weighted by molar-refractivity contribution is 0.0103. The van der Waals surface area contributed by atoms with Crippen LogP contribution in [0, 0.1) is 19.7 Å². The number of fused-ring (bicyclic) bond motifs is 1. The molecule has 3 atom stereocenters. The first kappa shape index (κ1) is 36.1. The fourth-order valence-corrected chi connectivity index (χ4v) is 8.17. The predicted octanol–water partition coefficient (Wildman–Crippen LogP) is 8.06. The summed E-state index contributed by atoms with van der Waals surface area (Å²) in [6.45, 7) is 15.1. The number of carbonyl (C=O) groups is 1. The Kier molecular flexibility index (Phi) is 10.1. The van der Waals surface area contributed by atoms with Crippen molar-refractivity contribution in [2.75, 3.05) is 24.5 Å². The number of hydrogen-bond donors (Lipinski definition) is 0. The van der Waals surface area contributed by atoms with Crippen molar-refractivity contribution in [3.8, 4) is 0 Å². The highest BCUT2D eigenvalue weighted by molar-refractivity contribution is 5.81. The first-order valence-electron chi connectivity index (χ1n) is 19.0. The van der Waals surface area contributed by atoms with E-state index in [0.29, 0.717) is 55.0 Å². The third kappa shape index (κ3) is 8.02. The minimum Gasteiger partial charge on any atom is -0.444 e. The molecule has 3 aromatic heterocycles. The third-order valence-corrected chi connectivity index (χ3v) is 11.0. The fraction of sp³-hybridized carbons (Fsp3) is 0.524. The van der Waals surface area contributed by atoms with E-state index >= 15 is 4.39 Å². The number of aromatic nitrogens is 3. The quantitative estimate of drug-likeness (QED) is 0.183. The summed E-state index contributed by atoms with van der Waals surface area (Å²) in [5.74, 6) is -0.399. The van der Waals surface area contributed by atoms with Crippen LogP contribution in [0.25, 0.3) is 10.9 Å². The first-order valence-corrected chi connectivity index (χ1v) is 19.0. The molecule has 1 amide bonds. The van der Waals surface area contributed by atoms with E-state index in [1.165, 1.54) is 6.07 Å². The largest absolute Gasteiger partial charge is 0.444 e. The van der Waals surface area contributed by atoms with Gasteiger partial charge in [-0.05, 0) is 134 Å². The second kappa shape index (κ2) is 14.6. The van der Waals surface area contributed by atoms with Gasteiger partial charge in [0, 0.05) is 85.6 Å². The van der Waals surface area contributed by atoms with Crippen LogP contribution in [0.4, 0.5) is 14.9 Å². The van der Waals surface area contributed by atoms with Crippen LogP contribution in [-0.2, 0) is 17.8 Å². The predicted molar refractivity (Wildman–Crippen MR) is 203 cm³/mol. The Labute approximate surface area is 306 Å². The van der Waals surface area contributed by atoms with E-state index in [4.69, 9.17) is 4.74 Å². The van der Waals surface area contributed by atoms with Crippen LogP contribution < -0.4 is 10.3 Å². The molecule has 276 valence electrons. The van der Waals surface area contributed by atoms with Gasteiger partial charge in [-0.1, -0.05) is 0 Å². The maximum atomic E-state index is 16.2. The van der Waals surface area contributed by atoms with Crippen molar-refractivity contribution in [3.63, 3.8) is 0 Å². The second-order valence-electron chi connectivity index (χ2n) is 16.4. The van der Waals surface area contributed by atoms with Crippen LogP contribution >= 0.6 is 0 Å². The number of hydrogen-bond acceptors (Lipinski definition) is 7. The van der Waals surface area contributed by atoms with Gasteiger partial charge in [0.1, 0.15) is 11.4 Å². The molecule has 3 fully saturated rings. The smallest absolute Gasteiger partial charge is 0.410 e. The maximum absolute atomic E-state index is 16.2. The molecule has 1 aromatic carbocycles.